The van der Waals surface area contributed by atoms with E-state index in [1.165, 1.54) is 50.1 Å². The molecule has 146 valence electrons. The molecule has 0 radical (unpaired) electrons. The van der Waals surface area contributed by atoms with Gasteiger partial charge in [0.2, 0.25) is 0 Å². The van der Waals surface area contributed by atoms with E-state index in [0.29, 0.717) is 17.7 Å². The van der Waals surface area contributed by atoms with Gasteiger partial charge in [-0.2, -0.15) is 0 Å². The summed E-state index contributed by atoms with van der Waals surface area (Å²) in [6.07, 6.45) is 8.93. The fraction of sp³-hybridized carbons (Fsp3) is 0.636. The van der Waals surface area contributed by atoms with E-state index in [0.717, 1.165) is 38.5 Å². The van der Waals surface area contributed by atoms with Crippen LogP contribution in [0.4, 0.5) is 0 Å². The predicted molar refractivity (Wildman–Crippen MR) is 106 cm³/mol. The highest BCUT2D eigenvalue weighted by molar-refractivity contribution is 6.21. The highest BCUT2D eigenvalue weighted by Gasteiger charge is 2.34. The molecule has 2 heterocycles. The number of hydrogen-bond donors (Lipinski definition) is 0. The maximum absolute atomic E-state index is 12.4. The first-order chi connectivity index (χ1) is 13.2. The van der Waals surface area contributed by atoms with Gasteiger partial charge in [-0.3, -0.25) is 19.4 Å². The van der Waals surface area contributed by atoms with Gasteiger partial charge in [0.15, 0.2) is 0 Å². The number of imide groups is 1. The summed E-state index contributed by atoms with van der Waals surface area (Å²) in [4.78, 5) is 31.4. The molecule has 0 bridgehead atoms. The lowest BCUT2D eigenvalue weighted by atomic mass is 9.94. The molecule has 2 amide bonds. The molecule has 5 nitrogen and oxygen atoms in total. The number of piperazine rings is 1. The maximum atomic E-state index is 12.4. The Morgan fingerprint density at radius 3 is 2.00 bits per heavy atom. The number of unbranched alkanes of at least 4 members (excludes halogenated alkanes) is 1. The molecule has 0 spiro atoms. The van der Waals surface area contributed by atoms with Gasteiger partial charge in [0.1, 0.15) is 0 Å². The lowest BCUT2D eigenvalue weighted by Gasteiger charge is -2.40. The van der Waals surface area contributed by atoms with Crippen LogP contribution in [-0.2, 0) is 0 Å². The quantitative estimate of drug-likeness (QED) is 0.571. The van der Waals surface area contributed by atoms with E-state index in [2.05, 4.69) is 9.80 Å². The molecule has 27 heavy (non-hydrogen) atoms. The van der Waals surface area contributed by atoms with Crippen molar-refractivity contribution in [1.29, 1.82) is 0 Å². The van der Waals surface area contributed by atoms with Crippen LogP contribution in [0.1, 0.15) is 65.7 Å². The van der Waals surface area contributed by atoms with E-state index in [-0.39, 0.29) is 11.8 Å². The van der Waals surface area contributed by atoms with Crippen LogP contribution in [0.15, 0.2) is 24.3 Å². The largest absolute Gasteiger partial charge is 0.301 e. The maximum Gasteiger partial charge on any atom is 0.261 e. The molecular weight excluding hydrogens is 338 g/mol. The summed E-state index contributed by atoms with van der Waals surface area (Å²) < 4.78 is 0. The number of rotatable bonds is 6. The molecule has 1 aromatic carbocycles. The van der Waals surface area contributed by atoms with Gasteiger partial charge in [-0.25, -0.2) is 0 Å². The number of nitrogens with zero attached hydrogens (tertiary/aromatic N) is 3. The Bertz CT molecular complexity index is 641. The summed E-state index contributed by atoms with van der Waals surface area (Å²) >= 11 is 0. The Hall–Kier alpha value is -1.72. The molecule has 1 saturated heterocycles. The molecule has 0 unspecified atom stereocenters. The number of amides is 2. The van der Waals surface area contributed by atoms with Crippen molar-refractivity contribution in [3.8, 4) is 0 Å². The second-order valence-corrected chi connectivity index (χ2v) is 8.18. The van der Waals surface area contributed by atoms with Crippen molar-refractivity contribution in [2.24, 2.45) is 0 Å². The van der Waals surface area contributed by atoms with Crippen LogP contribution in [-0.4, -0.2) is 71.8 Å². The zero-order valence-corrected chi connectivity index (χ0v) is 16.2. The van der Waals surface area contributed by atoms with Crippen molar-refractivity contribution in [3.05, 3.63) is 35.4 Å². The monoisotopic (exact) mass is 369 g/mol. The van der Waals surface area contributed by atoms with Crippen molar-refractivity contribution >= 4 is 11.8 Å². The molecule has 1 aromatic rings. The third-order valence-electron chi connectivity index (χ3n) is 6.48. The Morgan fingerprint density at radius 1 is 0.778 bits per heavy atom. The van der Waals surface area contributed by atoms with Gasteiger partial charge in [-0.05, 0) is 44.4 Å². The van der Waals surface area contributed by atoms with Crippen molar-refractivity contribution in [2.45, 2.75) is 51.0 Å². The fourth-order valence-corrected chi connectivity index (χ4v) is 4.85. The number of fused-ring (bicyclic) bond motifs is 1. The average molecular weight is 370 g/mol. The topological polar surface area (TPSA) is 43.9 Å². The molecular formula is C22H31N3O2. The third-order valence-corrected chi connectivity index (χ3v) is 6.48. The molecule has 1 saturated carbocycles. The van der Waals surface area contributed by atoms with Gasteiger partial charge in [0.05, 0.1) is 11.1 Å². The zero-order chi connectivity index (χ0) is 18.6. The minimum Gasteiger partial charge on any atom is -0.301 e. The highest BCUT2D eigenvalue weighted by atomic mass is 16.2. The number of benzene rings is 1. The second kappa shape index (κ2) is 8.53. The van der Waals surface area contributed by atoms with E-state index >= 15 is 0 Å². The standard InChI is InChI=1S/C22H31N3O2/c26-21-19-10-4-5-11-20(19)22(27)25(21)13-7-6-12-23-14-16-24(17-15-23)18-8-2-1-3-9-18/h4-5,10-11,18H,1-3,6-9,12-17H2. The normalized spacial score (nSPS) is 22.4. The molecule has 0 atom stereocenters. The zero-order valence-electron chi connectivity index (χ0n) is 16.2. The minimum absolute atomic E-state index is 0.128. The van der Waals surface area contributed by atoms with Gasteiger partial charge in [-0.1, -0.05) is 31.4 Å². The summed E-state index contributed by atoms with van der Waals surface area (Å²) in [7, 11) is 0. The summed E-state index contributed by atoms with van der Waals surface area (Å²) in [6, 6.07) is 7.97. The van der Waals surface area contributed by atoms with Crippen LogP contribution in [0.3, 0.4) is 0 Å². The first-order valence-corrected chi connectivity index (χ1v) is 10.7. The van der Waals surface area contributed by atoms with Crippen LogP contribution in [0.5, 0.6) is 0 Å². The Balaban J connectivity index is 1.16. The summed E-state index contributed by atoms with van der Waals surface area (Å²) in [5.41, 5.74) is 1.11. The van der Waals surface area contributed by atoms with Gasteiger partial charge < -0.3 is 4.90 Å². The van der Waals surface area contributed by atoms with Crippen LogP contribution in [0, 0.1) is 0 Å². The molecule has 0 N–H and O–H groups in total. The second-order valence-electron chi connectivity index (χ2n) is 8.18. The van der Waals surface area contributed by atoms with Crippen LogP contribution in [0.25, 0.3) is 0 Å². The number of carbonyl (C=O) groups is 2. The molecule has 1 aliphatic carbocycles. The Morgan fingerprint density at radius 2 is 1.37 bits per heavy atom. The van der Waals surface area contributed by atoms with Gasteiger partial charge >= 0.3 is 0 Å². The van der Waals surface area contributed by atoms with Crippen molar-refractivity contribution < 1.29 is 9.59 Å². The molecule has 4 rings (SSSR count). The predicted octanol–water partition coefficient (Wildman–Crippen LogP) is 3.01. The lowest BCUT2D eigenvalue weighted by Crippen LogP contribution is -2.50. The summed E-state index contributed by atoms with van der Waals surface area (Å²) in [5, 5.41) is 0. The lowest BCUT2D eigenvalue weighted by molar-refractivity contribution is 0.0642. The Labute approximate surface area is 162 Å². The Kier molecular flexibility index (Phi) is 5.89. The molecule has 0 aromatic heterocycles. The molecule has 2 aliphatic heterocycles. The van der Waals surface area contributed by atoms with E-state index in [1.54, 1.807) is 12.1 Å². The van der Waals surface area contributed by atoms with Crippen LogP contribution < -0.4 is 0 Å². The summed E-state index contributed by atoms with van der Waals surface area (Å²) in [5.74, 6) is -0.256. The van der Waals surface area contributed by atoms with Gasteiger partial charge in [0.25, 0.3) is 11.8 Å². The third kappa shape index (κ3) is 4.09. The van der Waals surface area contributed by atoms with Crippen molar-refractivity contribution in [1.82, 2.24) is 14.7 Å². The SMILES string of the molecule is O=C1c2ccccc2C(=O)N1CCCCN1CCN(C2CCCCC2)CC1. The van der Waals surface area contributed by atoms with Gasteiger partial charge in [0, 0.05) is 38.8 Å². The average Bonchev–Trinajstić information content (AvgIpc) is 2.97. The molecule has 2 fully saturated rings. The van der Waals surface area contributed by atoms with Gasteiger partial charge in [-0.15, -0.1) is 0 Å². The molecule has 5 heteroatoms. The van der Waals surface area contributed by atoms with Crippen molar-refractivity contribution in [3.63, 3.8) is 0 Å². The summed E-state index contributed by atoms with van der Waals surface area (Å²) in [6.45, 7) is 6.31. The molecule has 3 aliphatic rings. The fourth-order valence-electron chi connectivity index (χ4n) is 4.85. The highest BCUT2D eigenvalue weighted by Crippen LogP contribution is 2.24. The minimum atomic E-state index is -0.128. The van der Waals surface area contributed by atoms with Crippen LogP contribution in [0.2, 0.25) is 0 Å². The van der Waals surface area contributed by atoms with E-state index < -0.39 is 0 Å². The van der Waals surface area contributed by atoms with E-state index in [9.17, 15) is 9.59 Å². The number of hydrogen-bond acceptors (Lipinski definition) is 4. The smallest absolute Gasteiger partial charge is 0.261 e. The van der Waals surface area contributed by atoms with Crippen molar-refractivity contribution in [2.75, 3.05) is 39.3 Å². The van der Waals surface area contributed by atoms with E-state index in [1.807, 2.05) is 12.1 Å². The van der Waals surface area contributed by atoms with Crippen LogP contribution >= 0.6 is 0 Å². The first-order valence-electron chi connectivity index (χ1n) is 10.7. The first kappa shape index (κ1) is 18.6. The number of carbonyl (C=O) groups excluding carboxylic acids is 2. The van der Waals surface area contributed by atoms with E-state index in [4.69, 9.17) is 0 Å².